The van der Waals surface area contributed by atoms with E-state index in [9.17, 15) is 0 Å². The summed E-state index contributed by atoms with van der Waals surface area (Å²) in [5.74, 6) is 6.60. The van der Waals surface area contributed by atoms with Crippen LogP contribution in [0, 0.1) is 0 Å². The predicted molar refractivity (Wildman–Crippen MR) is 83.4 cm³/mol. The molecule has 0 spiro atoms. The summed E-state index contributed by atoms with van der Waals surface area (Å²) in [5.41, 5.74) is 5.39. The number of methoxy groups -OCH3 is 1. The molecule has 0 heterocycles. The lowest BCUT2D eigenvalue weighted by Crippen LogP contribution is -2.47. The summed E-state index contributed by atoms with van der Waals surface area (Å²) < 4.78 is 5.81. The minimum Gasteiger partial charge on any atom is -0.376 e. The van der Waals surface area contributed by atoms with Crippen molar-refractivity contribution < 1.29 is 4.74 Å². The molecule has 1 saturated carbocycles. The van der Waals surface area contributed by atoms with Gasteiger partial charge in [0.2, 0.25) is 0 Å². The Kier molecular flexibility index (Phi) is 5.19. The molecule has 3 nitrogen and oxygen atoms in total. The summed E-state index contributed by atoms with van der Waals surface area (Å²) in [7, 11) is 1.78. The molecule has 0 amide bonds. The third-order valence-corrected chi connectivity index (χ3v) is 5.14. The van der Waals surface area contributed by atoms with E-state index in [1.165, 1.54) is 30.4 Å². The lowest BCUT2D eigenvalue weighted by Gasteiger charge is -2.38. The van der Waals surface area contributed by atoms with Gasteiger partial charge in [0.25, 0.3) is 0 Å². The summed E-state index contributed by atoms with van der Waals surface area (Å²) in [5, 5.41) is 0. The van der Waals surface area contributed by atoms with Crippen LogP contribution >= 0.6 is 0 Å². The van der Waals surface area contributed by atoms with Gasteiger partial charge < -0.3 is 4.74 Å². The Balaban J connectivity index is 2.22. The van der Waals surface area contributed by atoms with E-state index >= 15 is 0 Å². The Morgan fingerprint density at radius 3 is 2.20 bits per heavy atom. The average Bonchev–Trinajstić information content (AvgIpc) is 2.44. The van der Waals surface area contributed by atoms with Gasteiger partial charge in [-0.25, -0.2) is 0 Å². The van der Waals surface area contributed by atoms with Crippen molar-refractivity contribution in [1.82, 2.24) is 5.43 Å². The first-order valence-corrected chi connectivity index (χ1v) is 7.81. The molecule has 1 aromatic rings. The second-order valence-corrected chi connectivity index (χ2v) is 5.87. The van der Waals surface area contributed by atoms with Gasteiger partial charge in [-0.1, -0.05) is 44.5 Å². The predicted octanol–water partition coefficient (Wildman–Crippen LogP) is 3.66. The SMILES string of the molecule is CCC(CC)(OC)C(NN)c1ccc(C2CCC2)cc1. The first-order valence-electron chi connectivity index (χ1n) is 7.81. The molecule has 1 aliphatic carbocycles. The second kappa shape index (κ2) is 6.70. The molecule has 112 valence electrons. The van der Waals surface area contributed by atoms with Crippen LogP contribution in [-0.2, 0) is 4.74 Å². The molecule has 0 aliphatic heterocycles. The molecule has 0 radical (unpaired) electrons. The molecular weight excluding hydrogens is 248 g/mol. The maximum atomic E-state index is 5.82. The molecular formula is C17H28N2O. The van der Waals surface area contributed by atoms with Gasteiger partial charge in [-0.15, -0.1) is 0 Å². The highest BCUT2D eigenvalue weighted by Gasteiger charge is 2.36. The van der Waals surface area contributed by atoms with Crippen LogP contribution in [0.3, 0.4) is 0 Å². The summed E-state index contributed by atoms with van der Waals surface area (Å²) in [6, 6.07) is 8.96. The third kappa shape index (κ3) is 2.76. The minimum atomic E-state index is -0.243. The van der Waals surface area contributed by atoms with Gasteiger partial charge in [-0.2, -0.15) is 0 Å². The van der Waals surface area contributed by atoms with Crippen LogP contribution in [0.1, 0.15) is 69.0 Å². The molecule has 1 fully saturated rings. The Hall–Kier alpha value is -0.900. The zero-order chi connectivity index (χ0) is 14.6. The van der Waals surface area contributed by atoms with E-state index in [4.69, 9.17) is 10.6 Å². The van der Waals surface area contributed by atoms with Gasteiger partial charge in [0.05, 0.1) is 11.6 Å². The molecule has 1 atom stereocenters. The summed E-state index contributed by atoms with van der Waals surface area (Å²) in [6.07, 6.45) is 5.91. The van der Waals surface area contributed by atoms with Crippen molar-refractivity contribution in [2.75, 3.05) is 7.11 Å². The van der Waals surface area contributed by atoms with Crippen molar-refractivity contribution in [1.29, 1.82) is 0 Å². The number of hydrogen-bond donors (Lipinski definition) is 2. The first-order chi connectivity index (χ1) is 9.70. The van der Waals surface area contributed by atoms with Crippen LogP contribution in [0.2, 0.25) is 0 Å². The molecule has 1 aliphatic rings. The van der Waals surface area contributed by atoms with E-state index in [2.05, 4.69) is 43.5 Å². The van der Waals surface area contributed by atoms with E-state index in [1.54, 1.807) is 7.11 Å². The zero-order valence-corrected chi connectivity index (χ0v) is 13.0. The quantitative estimate of drug-likeness (QED) is 0.590. The Bertz CT molecular complexity index is 399. The van der Waals surface area contributed by atoms with Gasteiger partial charge in [-0.05, 0) is 42.7 Å². The van der Waals surface area contributed by atoms with Gasteiger partial charge in [0.15, 0.2) is 0 Å². The van der Waals surface area contributed by atoms with Crippen LogP contribution in [0.4, 0.5) is 0 Å². The van der Waals surface area contributed by atoms with Gasteiger partial charge in [0.1, 0.15) is 0 Å². The normalized spacial score (nSPS) is 17.8. The van der Waals surface area contributed by atoms with Crippen LogP contribution in [0.25, 0.3) is 0 Å². The fourth-order valence-corrected chi connectivity index (χ4v) is 3.32. The highest BCUT2D eigenvalue weighted by Crippen LogP contribution is 2.38. The maximum absolute atomic E-state index is 5.82. The molecule has 1 aromatic carbocycles. The molecule has 0 saturated heterocycles. The summed E-state index contributed by atoms with van der Waals surface area (Å²) in [6.45, 7) is 4.31. The Labute approximate surface area is 122 Å². The number of ether oxygens (including phenoxy) is 1. The van der Waals surface area contributed by atoms with Crippen molar-refractivity contribution in [2.45, 2.75) is 63.5 Å². The second-order valence-electron chi connectivity index (χ2n) is 5.87. The highest BCUT2D eigenvalue weighted by atomic mass is 16.5. The number of nitrogens with one attached hydrogen (secondary N) is 1. The van der Waals surface area contributed by atoms with Gasteiger partial charge in [-0.3, -0.25) is 11.3 Å². The van der Waals surface area contributed by atoms with Crippen LogP contribution < -0.4 is 11.3 Å². The zero-order valence-electron chi connectivity index (χ0n) is 13.0. The Morgan fingerprint density at radius 2 is 1.85 bits per heavy atom. The highest BCUT2D eigenvalue weighted by molar-refractivity contribution is 5.30. The number of hydrazine groups is 1. The molecule has 3 N–H and O–H groups in total. The van der Waals surface area contributed by atoms with Crippen LogP contribution in [0.5, 0.6) is 0 Å². The lowest BCUT2D eigenvalue weighted by atomic mass is 9.79. The fraction of sp³-hybridized carbons (Fsp3) is 0.647. The fourth-order valence-electron chi connectivity index (χ4n) is 3.32. The monoisotopic (exact) mass is 276 g/mol. The number of rotatable bonds is 7. The first kappa shape index (κ1) is 15.5. The number of nitrogens with two attached hydrogens (primary N) is 1. The number of hydrogen-bond acceptors (Lipinski definition) is 3. The molecule has 20 heavy (non-hydrogen) atoms. The average molecular weight is 276 g/mol. The van der Waals surface area contributed by atoms with Crippen molar-refractivity contribution in [3.63, 3.8) is 0 Å². The van der Waals surface area contributed by atoms with Gasteiger partial charge >= 0.3 is 0 Å². The molecule has 2 rings (SSSR count). The maximum Gasteiger partial charge on any atom is 0.0880 e. The van der Waals surface area contributed by atoms with Crippen molar-refractivity contribution in [3.8, 4) is 0 Å². The molecule has 0 aromatic heterocycles. The van der Waals surface area contributed by atoms with Crippen molar-refractivity contribution in [3.05, 3.63) is 35.4 Å². The van der Waals surface area contributed by atoms with E-state index in [-0.39, 0.29) is 11.6 Å². The molecule has 3 heteroatoms. The van der Waals surface area contributed by atoms with E-state index in [1.807, 2.05) is 0 Å². The van der Waals surface area contributed by atoms with Crippen LogP contribution in [0.15, 0.2) is 24.3 Å². The number of benzene rings is 1. The minimum absolute atomic E-state index is 0.0259. The van der Waals surface area contributed by atoms with Crippen LogP contribution in [-0.4, -0.2) is 12.7 Å². The third-order valence-electron chi connectivity index (χ3n) is 5.14. The standard InChI is InChI=1S/C17H28N2O/c1-4-17(5-2,20-3)16(19-18)15-11-9-14(10-12-15)13-7-6-8-13/h9-13,16,19H,4-8,18H2,1-3H3. The molecule has 0 bridgehead atoms. The smallest absolute Gasteiger partial charge is 0.0880 e. The molecule has 1 unspecified atom stereocenters. The van der Waals surface area contributed by atoms with Crippen molar-refractivity contribution in [2.24, 2.45) is 5.84 Å². The van der Waals surface area contributed by atoms with Gasteiger partial charge in [0, 0.05) is 7.11 Å². The lowest BCUT2D eigenvalue weighted by molar-refractivity contribution is -0.0486. The van der Waals surface area contributed by atoms with E-state index in [0.717, 1.165) is 18.8 Å². The largest absolute Gasteiger partial charge is 0.376 e. The Morgan fingerprint density at radius 1 is 1.25 bits per heavy atom. The summed E-state index contributed by atoms with van der Waals surface area (Å²) >= 11 is 0. The van der Waals surface area contributed by atoms with E-state index in [0.29, 0.717) is 0 Å². The van der Waals surface area contributed by atoms with E-state index < -0.39 is 0 Å². The van der Waals surface area contributed by atoms with Crippen molar-refractivity contribution >= 4 is 0 Å². The topological polar surface area (TPSA) is 47.3 Å². The summed E-state index contributed by atoms with van der Waals surface area (Å²) in [4.78, 5) is 0.